The van der Waals surface area contributed by atoms with E-state index in [1.807, 2.05) is 0 Å². The molecule has 170 valence electrons. The van der Waals surface area contributed by atoms with Crippen LogP contribution in [0.5, 0.6) is 0 Å². The normalized spacial score (nSPS) is 23.4. The third kappa shape index (κ3) is 4.01. The van der Waals surface area contributed by atoms with Gasteiger partial charge in [0, 0.05) is 13.6 Å². The highest BCUT2D eigenvalue weighted by molar-refractivity contribution is 7.85. The van der Waals surface area contributed by atoms with E-state index in [4.69, 9.17) is 9.29 Å². The molecule has 14 heteroatoms. The number of rotatable bonds is 6. The summed E-state index contributed by atoms with van der Waals surface area (Å²) in [4.78, 5) is 24.3. The minimum absolute atomic E-state index is 0.211. The molecule has 13 nitrogen and oxygen atoms in total. The maximum atomic E-state index is 11.9. The number of carbonyl (C=O) groups excluding carboxylic acids is 1. The van der Waals surface area contributed by atoms with Gasteiger partial charge < -0.3 is 25.6 Å². The molecule has 0 saturated carbocycles. The number of aromatic nitrogens is 4. The average molecular weight is 464 g/mol. The Morgan fingerprint density at radius 2 is 1.88 bits per heavy atom. The highest BCUT2D eigenvalue weighted by Gasteiger charge is 2.47. The number of nitrogens with zero attached hydrogens (tertiary/aromatic N) is 4. The van der Waals surface area contributed by atoms with Gasteiger partial charge in [0.05, 0.1) is 11.2 Å². The minimum Gasteiger partial charge on any atom is -0.387 e. The molecule has 0 unspecified atom stereocenters. The lowest BCUT2D eigenvalue weighted by molar-refractivity contribution is -0.137. The van der Waals surface area contributed by atoms with Gasteiger partial charge in [-0.1, -0.05) is 12.1 Å². The quantitative estimate of drug-likeness (QED) is 0.283. The van der Waals surface area contributed by atoms with Gasteiger partial charge in [-0.15, -0.1) is 0 Å². The molecule has 1 aliphatic rings. The summed E-state index contributed by atoms with van der Waals surface area (Å²) in [6, 6.07) is 5.64. The number of carbonyl (C=O) groups is 1. The van der Waals surface area contributed by atoms with Crippen molar-refractivity contribution in [2.75, 3.05) is 12.4 Å². The number of likely N-dealkylation sites (N-methyl/N-ethyl adjacent to an activating group) is 1. The average Bonchev–Trinajstić information content (AvgIpc) is 3.33. The Labute approximate surface area is 181 Å². The first-order chi connectivity index (χ1) is 15.2. The standard InChI is InChI=1S/C18H20N6O7S/c1-19-17(27)14-12(25)13(26)18(31-14)24-8-23-11-15(21-7-22-16(11)24)20-6-9-2-4-10(5-3-9)32(28,29)30/h2-5,7-8,12-14,18,25-26H,6H2,1H3,(H,19,27)(H,20,21,22)(H,28,29,30)/t12-,13+,14-,18+/m0/s1. The zero-order chi connectivity index (χ0) is 23.0. The molecule has 0 spiro atoms. The second-order valence-electron chi connectivity index (χ2n) is 7.06. The van der Waals surface area contributed by atoms with E-state index in [1.54, 1.807) is 0 Å². The van der Waals surface area contributed by atoms with Crippen LogP contribution in [0, 0.1) is 0 Å². The van der Waals surface area contributed by atoms with Gasteiger partial charge in [0.15, 0.2) is 29.3 Å². The van der Waals surface area contributed by atoms with E-state index in [0.717, 1.165) is 5.56 Å². The fourth-order valence-electron chi connectivity index (χ4n) is 3.38. The van der Waals surface area contributed by atoms with E-state index < -0.39 is 40.6 Å². The molecule has 0 aliphatic carbocycles. The van der Waals surface area contributed by atoms with Crippen molar-refractivity contribution in [2.45, 2.75) is 36.0 Å². The van der Waals surface area contributed by atoms with Crippen molar-refractivity contribution >= 4 is 33.0 Å². The van der Waals surface area contributed by atoms with Crippen molar-refractivity contribution in [1.29, 1.82) is 0 Å². The van der Waals surface area contributed by atoms with E-state index in [2.05, 4.69) is 25.6 Å². The van der Waals surface area contributed by atoms with Crippen LogP contribution in [0.4, 0.5) is 5.82 Å². The predicted octanol–water partition coefficient (Wildman–Crippen LogP) is -0.950. The molecule has 4 atom stereocenters. The Hall–Kier alpha value is -3.17. The highest BCUT2D eigenvalue weighted by atomic mass is 32.2. The first kappa shape index (κ1) is 22.0. The summed E-state index contributed by atoms with van der Waals surface area (Å²) in [5.41, 5.74) is 1.38. The van der Waals surface area contributed by atoms with Crippen LogP contribution in [0.15, 0.2) is 41.8 Å². The second kappa shape index (κ2) is 8.40. The Balaban J connectivity index is 1.55. The topological polar surface area (TPSA) is 189 Å². The number of imidazole rings is 1. The number of anilines is 1. The van der Waals surface area contributed by atoms with Gasteiger partial charge in [-0.2, -0.15) is 8.42 Å². The summed E-state index contributed by atoms with van der Waals surface area (Å²) in [5.74, 6) is -0.205. The summed E-state index contributed by atoms with van der Waals surface area (Å²) in [7, 11) is -2.87. The molecule has 1 aromatic carbocycles. The zero-order valence-corrected chi connectivity index (χ0v) is 17.5. The molecule has 1 fully saturated rings. The molecule has 0 radical (unpaired) electrons. The number of benzene rings is 1. The number of amides is 1. The number of aliphatic hydroxyl groups is 2. The monoisotopic (exact) mass is 464 g/mol. The van der Waals surface area contributed by atoms with Crippen molar-refractivity contribution in [1.82, 2.24) is 24.8 Å². The molecule has 3 aromatic rings. The first-order valence-corrected chi connectivity index (χ1v) is 10.9. The highest BCUT2D eigenvalue weighted by Crippen LogP contribution is 2.32. The third-order valence-corrected chi connectivity index (χ3v) is 5.93. The van der Waals surface area contributed by atoms with E-state index in [-0.39, 0.29) is 11.4 Å². The molecule has 0 bridgehead atoms. The van der Waals surface area contributed by atoms with Gasteiger partial charge in [0.2, 0.25) is 0 Å². The molecule has 1 amide bonds. The van der Waals surface area contributed by atoms with Crippen LogP contribution in [0.1, 0.15) is 11.8 Å². The first-order valence-electron chi connectivity index (χ1n) is 9.41. The third-order valence-electron chi connectivity index (χ3n) is 5.06. The number of aliphatic hydroxyl groups excluding tert-OH is 2. The van der Waals surface area contributed by atoms with E-state index >= 15 is 0 Å². The van der Waals surface area contributed by atoms with Gasteiger partial charge >= 0.3 is 0 Å². The van der Waals surface area contributed by atoms with Gasteiger partial charge in [0.25, 0.3) is 16.0 Å². The van der Waals surface area contributed by atoms with Crippen LogP contribution in [0.3, 0.4) is 0 Å². The summed E-state index contributed by atoms with van der Waals surface area (Å²) in [5, 5.41) is 26.0. The SMILES string of the molecule is CNC(=O)[C@H]1O[C@@H](n2cnc3c(NCc4ccc(S(=O)(=O)O)cc4)ncnc32)[C@H](O)[C@@H]1O. The van der Waals surface area contributed by atoms with Crippen molar-refractivity contribution in [3.63, 3.8) is 0 Å². The van der Waals surface area contributed by atoms with E-state index in [1.165, 1.54) is 48.5 Å². The van der Waals surface area contributed by atoms with Crippen LogP contribution >= 0.6 is 0 Å². The summed E-state index contributed by atoms with van der Waals surface area (Å²) in [6.45, 7) is 0.269. The van der Waals surface area contributed by atoms with Crippen LogP contribution < -0.4 is 10.6 Å². The van der Waals surface area contributed by atoms with Crippen molar-refractivity contribution in [2.24, 2.45) is 0 Å². The van der Waals surface area contributed by atoms with Gasteiger partial charge in [-0.3, -0.25) is 13.9 Å². The summed E-state index contributed by atoms with van der Waals surface area (Å²) < 4.78 is 38.3. The Kier molecular flexibility index (Phi) is 5.79. The maximum absolute atomic E-state index is 11.9. The van der Waals surface area contributed by atoms with Gasteiger partial charge in [-0.05, 0) is 17.7 Å². The van der Waals surface area contributed by atoms with Crippen molar-refractivity contribution in [3.05, 3.63) is 42.5 Å². The molecule has 4 rings (SSSR count). The lowest BCUT2D eigenvalue weighted by Crippen LogP contribution is -2.41. The molecule has 2 aromatic heterocycles. The van der Waals surface area contributed by atoms with Crippen LogP contribution in [0.25, 0.3) is 11.2 Å². The van der Waals surface area contributed by atoms with Crippen LogP contribution in [-0.4, -0.2) is 74.0 Å². The molecular weight excluding hydrogens is 444 g/mol. The Morgan fingerprint density at radius 1 is 1.16 bits per heavy atom. The summed E-state index contributed by atoms with van der Waals surface area (Å²) >= 11 is 0. The number of fused-ring (bicyclic) bond motifs is 1. The largest absolute Gasteiger partial charge is 0.387 e. The number of hydrogen-bond acceptors (Lipinski definition) is 10. The van der Waals surface area contributed by atoms with Crippen molar-refractivity contribution < 1.29 is 32.7 Å². The number of nitrogens with one attached hydrogen (secondary N) is 2. The fraction of sp³-hybridized carbons (Fsp3) is 0.333. The molecule has 1 saturated heterocycles. The summed E-state index contributed by atoms with van der Waals surface area (Å²) in [6.07, 6.45) is -2.52. The van der Waals surface area contributed by atoms with Crippen LogP contribution in [0.2, 0.25) is 0 Å². The molecule has 5 N–H and O–H groups in total. The maximum Gasteiger partial charge on any atom is 0.294 e. The number of hydrogen-bond donors (Lipinski definition) is 5. The molecule has 3 heterocycles. The predicted molar refractivity (Wildman–Crippen MR) is 109 cm³/mol. The fourth-order valence-corrected chi connectivity index (χ4v) is 3.86. The lowest BCUT2D eigenvalue weighted by atomic mass is 10.1. The van der Waals surface area contributed by atoms with Crippen LogP contribution in [-0.2, 0) is 26.2 Å². The molecule has 1 aliphatic heterocycles. The lowest BCUT2D eigenvalue weighted by Gasteiger charge is -2.16. The van der Waals surface area contributed by atoms with Gasteiger partial charge in [0.1, 0.15) is 18.5 Å². The minimum atomic E-state index is -4.27. The molecular formula is C18H20N6O7S. The molecule has 32 heavy (non-hydrogen) atoms. The Bertz CT molecular complexity index is 1250. The number of ether oxygens (including phenoxy) is 1. The van der Waals surface area contributed by atoms with E-state index in [9.17, 15) is 23.4 Å². The Morgan fingerprint density at radius 3 is 2.53 bits per heavy atom. The van der Waals surface area contributed by atoms with Crippen molar-refractivity contribution in [3.8, 4) is 0 Å². The smallest absolute Gasteiger partial charge is 0.294 e. The van der Waals surface area contributed by atoms with E-state index in [0.29, 0.717) is 17.0 Å². The zero-order valence-electron chi connectivity index (χ0n) is 16.7. The van der Waals surface area contributed by atoms with Gasteiger partial charge in [-0.25, -0.2) is 15.0 Å². The second-order valence-corrected chi connectivity index (χ2v) is 8.48.